The average molecular weight is 381 g/mol. The number of aryl methyl sites for hydroxylation is 1. The lowest BCUT2D eigenvalue weighted by Crippen LogP contribution is -2.08. The largest absolute Gasteiger partial charge is 0.497 e. The fourth-order valence-corrected chi connectivity index (χ4v) is 2.77. The zero-order valence-electron chi connectivity index (χ0n) is 15.2. The molecule has 3 rings (SSSR count). The van der Waals surface area contributed by atoms with E-state index in [0.29, 0.717) is 22.2 Å². The van der Waals surface area contributed by atoms with Gasteiger partial charge in [0.15, 0.2) is 5.16 Å². The quantitative estimate of drug-likeness (QED) is 0.292. The van der Waals surface area contributed by atoms with Gasteiger partial charge in [-0.1, -0.05) is 11.8 Å². The van der Waals surface area contributed by atoms with Gasteiger partial charge in [-0.05, 0) is 61.7 Å². The summed E-state index contributed by atoms with van der Waals surface area (Å²) in [4.78, 5) is 20.9. The van der Waals surface area contributed by atoms with Gasteiger partial charge in [0.1, 0.15) is 17.3 Å². The molecule has 0 amide bonds. The van der Waals surface area contributed by atoms with Crippen LogP contribution in [0.5, 0.6) is 11.5 Å². The van der Waals surface area contributed by atoms with Gasteiger partial charge in [-0.15, -0.1) is 0 Å². The average Bonchev–Trinajstić information content (AvgIpc) is 2.69. The lowest BCUT2D eigenvalue weighted by Gasteiger charge is -2.09. The van der Waals surface area contributed by atoms with E-state index >= 15 is 0 Å². The Morgan fingerprint density at radius 3 is 2.30 bits per heavy atom. The molecule has 0 saturated heterocycles. The van der Waals surface area contributed by atoms with Gasteiger partial charge in [0, 0.05) is 17.4 Å². The molecule has 0 fully saturated rings. The second-order valence-electron chi connectivity index (χ2n) is 5.65. The molecule has 0 bridgehead atoms. The summed E-state index contributed by atoms with van der Waals surface area (Å²) in [5.41, 5.74) is 2.19. The molecule has 1 aromatic heterocycles. The highest BCUT2D eigenvalue weighted by Gasteiger charge is 2.09. The van der Waals surface area contributed by atoms with Crippen LogP contribution in [-0.2, 0) is 0 Å². The van der Waals surface area contributed by atoms with Crippen LogP contribution in [0.3, 0.4) is 0 Å². The van der Waals surface area contributed by atoms with Crippen LogP contribution >= 0.6 is 11.8 Å². The van der Waals surface area contributed by atoms with Crippen molar-refractivity contribution in [2.75, 3.05) is 18.7 Å². The molecule has 0 aliphatic heterocycles. The molecule has 1 N–H and O–H groups in total. The fraction of sp³-hybridized carbons (Fsp3) is 0.150. The van der Waals surface area contributed by atoms with E-state index in [1.807, 2.05) is 31.4 Å². The number of aromatic nitrogens is 2. The monoisotopic (exact) mass is 381 g/mol. The Hall–Kier alpha value is -3.06. The molecule has 7 heteroatoms. The highest BCUT2D eigenvalue weighted by atomic mass is 32.2. The van der Waals surface area contributed by atoms with Crippen LogP contribution in [0.15, 0.2) is 59.8 Å². The van der Waals surface area contributed by atoms with Crippen LogP contribution in [-0.4, -0.2) is 29.3 Å². The van der Waals surface area contributed by atoms with Crippen LogP contribution in [0.4, 0.5) is 11.5 Å². The van der Waals surface area contributed by atoms with Crippen molar-refractivity contribution < 1.29 is 14.3 Å². The van der Waals surface area contributed by atoms with Gasteiger partial charge >= 0.3 is 5.97 Å². The minimum Gasteiger partial charge on any atom is -0.497 e. The summed E-state index contributed by atoms with van der Waals surface area (Å²) >= 11 is 1.49. The Balaban J connectivity index is 1.66. The van der Waals surface area contributed by atoms with Crippen LogP contribution in [0.25, 0.3) is 0 Å². The molecular weight excluding hydrogens is 362 g/mol. The Morgan fingerprint density at radius 1 is 1.00 bits per heavy atom. The molecule has 0 saturated carbocycles. The number of anilines is 2. The van der Waals surface area contributed by atoms with Crippen molar-refractivity contribution in [2.45, 2.75) is 12.1 Å². The summed E-state index contributed by atoms with van der Waals surface area (Å²) in [6, 6.07) is 15.7. The summed E-state index contributed by atoms with van der Waals surface area (Å²) in [5.74, 6) is 1.45. The van der Waals surface area contributed by atoms with Gasteiger partial charge in [-0.2, -0.15) is 0 Å². The van der Waals surface area contributed by atoms with Gasteiger partial charge in [0.25, 0.3) is 0 Å². The van der Waals surface area contributed by atoms with Crippen molar-refractivity contribution in [3.05, 3.63) is 65.9 Å². The highest BCUT2D eigenvalue weighted by Crippen LogP contribution is 2.22. The second-order valence-corrected chi connectivity index (χ2v) is 6.42. The Labute approximate surface area is 162 Å². The first kappa shape index (κ1) is 18.7. The van der Waals surface area contributed by atoms with Gasteiger partial charge in [-0.3, -0.25) is 0 Å². The minimum absolute atomic E-state index is 0.422. The van der Waals surface area contributed by atoms with E-state index in [0.717, 1.165) is 17.2 Å². The number of nitrogens with one attached hydrogen (secondary N) is 1. The number of benzene rings is 2. The minimum atomic E-state index is -0.422. The maximum Gasteiger partial charge on any atom is 0.343 e. The number of methoxy groups -OCH3 is 1. The number of carbonyl (C=O) groups is 1. The molecule has 2 aromatic carbocycles. The van der Waals surface area contributed by atoms with Gasteiger partial charge in [-0.25, -0.2) is 14.8 Å². The number of nitrogens with zero attached hydrogens (tertiary/aromatic N) is 2. The summed E-state index contributed by atoms with van der Waals surface area (Å²) in [7, 11) is 1.58. The zero-order chi connectivity index (χ0) is 19.2. The molecule has 0 atom stereocenters. The molecule has 0 aliphatic carbocycles. The maximum absolute atomic E-state index is 12.2. The molecule has 3 aromatic rings. The Morgan fingerprint density at radius 2 is 1.67 bits per heavy atom. The summed E-state index contributed by atoms with van der Waals surface area (Å²) < 4.78 is 10.5. The number of rotatable bonds is 6. The van der Waals surface area contributed by atoms with Crippen molar-refractivity contribution in [1.82, 2.24) is 9.97 Å². The van der Waals surface area contributed by atoms with Gasteiger partial charge < -0.3 is 14.8 Å². The predicted octanol–water partition coefficient (Wildman–Crippen LogP) is 4.48. The van der Waals surface area contributed by atoms with Crippen molar-refractivity contribution in [2.24, 2.45) is 0 Å². The molecule has 0 unspecified atom stereocenters. The molecule has 1 heterocycles. The van der Waals surface area contributed by atoms with E-state index < -0.39 is 5.97 Å². The first-order valence-corrected chi connectivity index (χ1v) is 9.43. The predicted molar refractivity (Wildman–Crippen MR) is 106 cm³/mol. The third kappa shape index (κ3) is 4.98. The molecule has 27 heavy (non-hydrogen) atoms. The van der Waals surface area contributed by atoms with E-state index in [2.05, 4.69) is 15.3 Å². The van der Waals surface area contributed by atoms with E-state index in [9.17, 15) is 4.79 Å². The molecular formula is C20H19N3O3S. The van der Waals surface area contributed by atoms with Gasteiger partial charge in [0.2, 0.25) is 0 Å². The van der Waals surface area contributed by atoms with E-state index in [-0.39, 0.29) is 0 Å². The number of carbonyl (C=O) groups excluding carboxylic acids is 1. The number of thioether (sulfide) groups is 1. The standard InChI is InChI=1S/C20H19N3O3S/c1-13-12-18(23-20(21-13)27-3)22-15-6-10-17(11-7-15)26-19(24)14-4-8-16(25-2)9-5-14/h4-12H,1-3H3,(H,21,22,23). The van der Waals surface area contributed by atoms with Crippen molar-refractivity contribution in [3.63, 3.8) is 0 Å². The first-order valence-electron chi connectivity index (χ1n) is 8.20. The fourth-order valence-electron chi connectivity index (χ4n) is 2.34. The van der Waals surface area contributed by atoms with E-state index in [4.69, 9.17) is 9.47 Å². The number of ether oxygens (including phenoxy) is 2. The van der Waals surface area contributed by atoms with Crippen LogP contribution in [0.1, 0.15) is 16.1 Å². The van der Waals surface area contributed by atoms with Gasteiger partial charge in [0.05, 0.1) is 12.7 Å². The maximum atomic E-state index is 12.2. The third-order valence-electron chi connectivity index (χ3n) is 3.68. The van der Waals surface area contributed by atoms with Crippen LogP contribution in [0, 0.1) is 6.92 Å². The number of hydrogen-bond donors (Lipinski definition) is 1. The second kappa shape index (κ2) is 8.55. The van der Waals surface area contributed by atoms with E-state index in [1.165, 1.54) is 11.8 Å². The topological polar surface area (TPSA) is 73.3 Å². The summed E-state index contributed by atoms with van der Waals surface area (Å²) in [5, 5.41) is 3.94. The Kier molecular flexibility index (Phi) is 5.93. The SMILES string of the molecule is COc1ccc(C(=O)Oc2ccc(Nc3cc(C)nc(SC)n3)cc2)cc1. The van der Waals surface area contributed by atoms with Crippen molar-refractivity contribution >= 4 is 29.2 Å². The van der Waals surface area contributed by atoms with Crippen molar-refractivity contribution in [1.29, 1.82) is 0 Å². The van der Waals surface area contributed by atoms with Crippen molar-refractivity contribution in [3.8, 4) is 11.5 Å². The number of hydrogen-bond acceptors (Lipinski definition) is 7. The lowest BCUT2D eigenvalue weighted by atomic mass is 10.2. The highest BCUT2D eigenvalue weighted by molar-refractivity contribution is 7.98. The molecule has 0 aliphatic rings. The summed E-state index contributed by atoms with van der Waals surface area (Å²) in [6.07, 6.45) is 1.94. The van der Waals surface area contributed by atoms with Crippen LogP contribution < -0.4 is 14.8 Å². The molecule has 0 radical (unpaired) electrons. The third-order valence-corrected chi connectivity index (χ3v) is 4.23. The summed E-state index contributed by atoms with van der Waals surface area (Å²) in [6.45, 7) is 1.92. The zero-order valence-corrected chi connectivity index (χ0v) is 16.0. The first-order chi connectivity index (χ1) is 13.1. The molecule has 6 nitrogen and oxygen atoms in total. The normalized spacial score (nSPS) is 10.3. The molecule has 138 valence electrons. The van der Waals surface area contributed by atoms with Crippen LogP contribution in [0.2, 0.25) is 0 Å². The smallest absolute Gasteiger partial charge is 0.343 e. The van der Waals surface area contributed by atoms with E-state index in [1.54, 1.807) is 43.5 Å². The molecule has 0 spiro atoms. The number of esters is 1. The lowest BCUT2D eigenvalue weighted by molar-refractivity contribution is 0.0734. The Bertz CT molecular complexity index is 928.